The molecule has 8 saturated heterocycles. The molecule has 548 valence electrons. The van der Waals surface area contributed by atoms with Crippen molar-refractivity contribution >= 4 is 47.8 Å². The molecule has 0 radical (unpaired) electrons. The van der Waals surface area contributed by atoms with Gasteiger partial charge in [-0.15, -0.1) is 0 Å². The first-order chi connectivity index (χ1) is 46.4. The highest BCUT2D eigenvalue weighted by Gasteiger charge is 2.65. The van der Waals surface area contributed by atoms with Crippen molar-refractivity contribution in [3.05, 3.63) is 0 Å². The maximum absolute atomic E-state index is 12.7. The molecule has 98 heavy (non-hydrogen) atoms. The molecule has 24 heteroatoms. The van der Waals surface area contributed by atoms with Gasteiger partial charge in [0.15, 0.2) is 6.10 Å². The lowest BCUT2D eigenvalue weighted by Crippen LogP contribution is -2.41. The van der Waals surface area contributed by atoms with Gasteiger partial charge in [-0.3, -0.25) is 24.0 Å². The van der Waals surface area contributed by atoms with Crippen molar-refractivity contribution in [1.29, 1.82) is 0 Å². The van der Waals surface area contributed by atoms with Gasteiger partial charge in [0.1, 0.15) is 0 Å². The Kier molecular flexibility index (Phi) is 20.0. The Morgan fingerprint density at radius 2 is 0.643 bits per heavy atom. The number of fused-ring (bicyclic) bond motifs is 8. The van der Waals surface area contributed by atoms with Crippen LogP contribution in [0.4, 0.5) is 0 Å². The highest BCUT2D eigenvalue weighted by Crippen LogP contribution is 2.57. The second kappa shape index (κ2) is 27.2. The predicted molar refractivity (Wildman–Crippen MR) is 342 cm³/mol. The largest absolute Gasteiger partial charge is 0.469 e. The van der Waals surface area contributed by atoms with Crippen LogP contribution in [0.5, 0.6) is 0 Å². The fourth-order valence-corrected chi connectivity index (χ4v) is 17.9. The number of hydrogen-bond acceptors (Lipinski definition) is 24. The molecule has 16 aliphatic rings. The number of carbonyl (C=O) groups excluding carboxylic acids is 8. The highest BCUT2D eigenvalue weighted by molar-refractivity contribution is 6.29. The van der Waals surface area contributed by atoms with Gasteiger partial charge in [0.2, 0.25) is 0 Å². The minimum absolute atomic E-state index is 0.0251. The summed E-state index contributed by atoms with van der Waals surface area (Å²) in [5.41, 5.74) is -0.229. The van der Waals surface area contributed by atoms with E-state index in [-0.39, 0.29) is 124 Å². The molecule has 0 amide bonds. The predicted octanol–water partition coefficient (Wildman–Crippen LogP) is 8.44. The third-order valence-electron chi connectivity index (χ3n) is 26.0. The molecule has 8 saturated carbocycles. The molecular formula is C74H108O24. The molecule has 8 aliphatic carbocycles. The van der Waals surface area contributed by atoms with E-state index in [1.165, 1.54) is 7.11 Å². The summed E-state index contributed by atoms with van der Waals surface area (Å²) in [7, 11) is 1.36. The van der Waals surface area contributed by atoms with Crippen LogP contribution >= 0.6 is 0 Å². The summed E-state index contributed by atoms with van der Waals surface area (Å²) in [6.07, 6.45) is 20.2. The Balaban J connectivity index is 0.000000118. The van der Waals surface area contributed by atoms with E-state index < -0.39 is 47.7 Å². The van der Waals surface area contributed by atoms with Crippen LogP contribution in [0.15, 0.2) is 0 Å². The molecule has 0 N–H and O–H groups in total. The molecule has 24 nitrogen and oxygen atoms in total. The smallest absolute Gasteiger partial charge is 0.417 e. The van der Waals surface area contributed by atoms with Crippen molar-refractivity contribution in [2.24, 2.45) is 59.2 Å². The lowest BCUT2D eigenvalue weighted by Gasteiger charge is -2.29. The van der Waals surface area contributed by atoms with Crippen molar-refractivity contribution in [2.75, 3.05) is 46.8 Å². The molecule has 16 rings (SSSR count). The molecule has 0 bridgehead atoms. The number of esters is 8. The van der Waals surface area contributed by atoms with E-state index in [0.29, 0.717) is 107 Å². The van der Waals surface area contributed by atoms with Crippen LogP contribution in [0.1, 0.15) is 210 Å². The summed E-state index contributed by atoms with van der Waals surface area (Å²) < 4.78 is 87.6. The summed E-state index contributed by atoms with van der Waals surface area (Å²) in [6, 6.07) is 0. The first-order valence-electron chi connectivity index (χ1n) is 37.1. The number of hydrogen-bond donors (Lipinski definition) is 0. The Bertz CT molecular complexity index is 3000. The zero-order valence-corrected chi connectivity index (χ0v) is 59.6. The maximum atomic E-state index is 12.7. The van der Waals surface area contributed by atoms with Crippen molar-refractivity contribution in [3.8, 4) is 0 Å². The molecule has 8 heterocycles. The number of carbonyl (C=O) groups is 8. The van der Waals surface area contributed by atoms with Crippen LogP contribution in [-0.4, -0.2) is 194 Å². The van der Waals surface area contributed by atoms with Crippen molar-refractivity contribution in [3.63, 3.8) is 0 Å². The van der Waals surface area contributed by atoms with Gasteiger partial charge >= 0.3 is 47.8 Å². The standard InChI is InChI=1S/2C19H28O6.2C18H26O6/c1-11(23-17(21)13-5-7-19(3)15(9-13)25-19)16(20)22-10-12-4-6-18(2)14(8-12)24-18;1-4-22-17(21)13-9-19(3)15(25-19)8-12(13)16(20)23-10-11-5-6-18(2)14(7-11)24-18;1-17-5-4-10(6-13(17)23-17)9-22-16(20)11-7-14-18(2,24-14)8-12(11)15(19)21-3;1-17-5-3-11(7-13(17)23-17)9-21-15(19)16(20)22-10-12-4-6-18(2)14(8-12)24-18/h2*11-15H,4-10H2,1-3H3;10-14H,4-9H2,1-3H3;11-14H,3-10H2,1-2H3. The van der Waals surface area contributed by atoms with Gasteiger partial charge in [-0.05, 0) is 240 Å². The van der Waals surface area contributed by atoms with Crippen molar-refractivity contribution in [2.45, 2.75) is 310 Å². The summed E-state index contributed by atoms with van der Waals surface area (Å²) in [5, 5.41) is 0. The van der Waals surface area contributed by atoms with Gasteiger partial charge in [0, 0.05) is 0 Å². The van der Waals surface area contributed by atoms with Gasteiger partial charge in [-0.2, -0.15) is 0 Å². The Morgan fingerprint density at radius 3 is 0.980 bits per heavy atom. The van der Waals surface area contributed by atoms with Gasteiger partial charge in [0.25, 0.3) is 0 Å². The topological polar surface area (TPSA) is 311 Å². The lowest BCUT2D eigenvalue weighted by molar-refractivity contribution is -0.170. The first kappa shape index (κ1) is 71.8. The van der Waals surface area contributed by atoms with Gasteiger partial charge in [0.05, 0.1) is 170 Å². The SMILES string of the molecule is CC(OC(=O)C1CCC2(C)OC2C1)C(=O)OCC1CCC2(C)OC2C1.CC12CCC(COC(=O)C(=O)OCC3CCC4(C)OC4C3)CC1O2.CCOC(=O)C1CC2(C)OC2CC1C(=O)OCC1CCC2(C)OC2C1.COC(=O)C1CC2(C)OC2CC1C(=O)OCC1CCC2(C)OC2C1. The fraction of sp³-hybridized carbons (Fsp3) is 0.892. The molecule has 8 aliphatic heterocycles. The number of methoxy groups -OCH3 is 1. The van der Waals surface area contributed by atoms with E-state index in [1.54, 1.807) is 13.8 Å². The van der Waals surface area contributed by atoms with Crippen LogP contribution in [0.3, 0.4) is 0 Å². The van der Waals surface area contributed by atoms with Gasteiger partial charge < -0.3 is 75.8 Å². The van der Waals surface area contributed by atoms with Gasteiger partial charge in [-0.1, -0.05) is 0 Å². The van der Waals surface area contributed by atoms with E-state index in [2.05, 4.69) is 41.5 Å². The molecule has 16 fully saturated rings. The fourth-order valence-electron chi connectivity index (χ4n) is 17.9. The highest BCUT2D eigenvalue weighted by atomic mass is 16.7. The quantitative estimate of drug-likeness (QED) is 0.0537. The lowest BCUT2D eigenvalue weighted by atomic mass is 9.74. The summed E-state index contributed by atoms with van der Waals surface area (Å²) in [4.78, 5) is 97.6. The third kappa shape index (κ3) is 16.1. The average Bonchev–Trinajstić information content (AvgIpc) is 1.57. The third-order valence-corrected chi connectivity index (χ3v) is 26.0. The Hall–Kier alpha value is -4.56. The zero-order valence-electron chi connectivity index (χ0n) is 59.6. The second-order valence-electron chi connectivity index (χ2n) is 33.8. The van der Waals surface area contributed by atoms with Crippen LogP contribution in [-0.2, 0) is 114 Å². The van der Waals surface area contributed by atoms with Crippen LogP contribution in [0, 0.1) is 59.2 Å². The monoisotopic (exact) mass is 1380 g/mol. The molecular weight excluding hydrogens is 1270 g/mol. The molecule has 0 spiro atoms. The molecule has 0 aromatic carbocycles. The minimum Gasteiger partial charge on any atom is -0.469 e. The van der Waals surface area contributed by atoms with E-state index in [0.717, 1.165) is 109 Å². The van der Waals surface area contributed by atoms with Crippen molar-refractivity contribution < 1.29 is 114 Å². The number of rotatable bonds is 18. The van der Waals surface area contributed by atoms with E-state index in [4.69, 9.17) is 75.8 Å². The van der Waals surface area contributed by atoms with E-state index in [9.17, 15) is 38.4 Å². The Labute approximate surface area is 575 Å². The summed E-state index contributed by atoms with van der Waals surface area (Å²) in [5.74, 6) is -4.09. The average molecular weight is 1380 g/mol. The van der Waals surface area contributed by atoms with Gasteiger partial charge in [-0.25, -0.2) is 14.4 Å². The number of ether oxygens (including phenoxy) is 16. The number of epoxide rings is 8. The van der Waals surface area contributed by atoms with Crippen LogP contribution < -0.4 is 0 Å². The van der Waals surface area contributed by atoms with E-state index >= 15 is 0 Å². The van der Waals surface area contributed by atoms with E-state index in [1.807, 2.05) is 13.8 Å². The molecule has 27 unspecified atom stereocenters. The Morgan fingerprint density at radius 1 is 0.347 bits per heavy atom. The molecule has 0 aromatic rings. The zero-order chi connectivity index (χ0) is 69.7. The summed E-state index contributed by atoms with van der Waals surface area (Å²) >= 11 is 0. The van der Waals surface area contributed by atoms with Crippen LogP contribution in [0.25, 0.3) is 0 Å². The van der Waals surface area contributed by atoms with Crippen molar-refractivity contribution in [1.82, 2.24) is 0 Å². The second-order valence-corrected chi connectivity index (χ2v) is 33.8. The normalized spacial score (nSPS) is 46.8. The first-order valence-corrected chi connectivity index (χ1v) is 37.1. The maximum Gasteiger partial charge on any atom is 0.417 e. The molecule has 27 atom stereocenters. The minimum atomic E-state index is -0.872. The summed E-state index contributed by atoms with van der Waals surface area (Å²) in [6.45, 7) is 22.2. The molecule has 0 aromatic heterocycles. The van der Waals surface area contributed by atoms with Crippen LogP contribution in [0.2, 0.25) is 0 Å².